The molecule has 0 aromatic carbocycles. The molecule has 0 bridgehead atoms. The first kappa shape index (κ1) is 7.43. The molecule has 0 heterocycles. The number of ether oxygens (including phenoxy) is 1. The Hall–Kier alpha value is -0.570. The molecule has 0 aliphatic heterocycles. The summed E-state index contributed by atoms with van der Waals surface area (Å²) < 4.78 is 4.69. The lowest BCUT2D eigenvalue weighted by molar-refractivity contribution is 0.0758. The van der Waals surface area contributed by atoms with E-state index in [0.29, 0.717) is 13.2 Å². The van der Waals surface area contributed by atoms with Crippen molar-refractivity contribution < 1.29 is 9.57 Å². The van der Waals surface area contributed by atoms with Gasteiger partial charge >= 0.3 is 0 Å². The Morgan fingerprint density at radius 1 is 1.50 bits per heavy atom. The van der Waals surface area contributed by atoms with Crippen LogP contribution in [0.25, 0.3) is 0 Å². The van der Waals surface area contributed by atoms with Crippen molar-refractivity contribution in [1.29, 1.82) is 0 Å². The van der Waals surface area contributed by atoms with Crippen LogP contribution in [0, 0.1) is 0 Å². The van der Waals surface area contributed by atoms with E-state index in [9.17, 15) is 0 Å². The molecule has 0 saturated heterocycles. The van der Waals surface area contributed by atoms with E-state index in [1.165, 1.54) is 0 Å². The molecule has 0 aromatic rings. The lowest BCUT2D eigenvalue weighted by Crippen LogP contribution is -1.96. The van der Waals surface area contributed by atoms with Gasteiger partial charge in [-0.1, -0.05) is 5.16 Å². The van der Waals surface area contributed by atoms with E-state index in [2.05, 4.69) is 14.7 Å². The predicted molar refractivity (Wildman–Crippen MR) is 32.0 cm³/mol. The third-order valence-electron chi connectivity index (χ3n) is 0.559. The molecule has 0 radical (unpaired) electrons. The first-order chi connectivity index (χ1) is 3.91. The number of oxime groups is 1. The molecule has 0 amide bonds. The van der Waals surface area contributed by atoms with Crippen molar-refractivity contribution in [3.05, 3.63) is 0 Å². The Morgan fingerprint density at radius 3 is 2.75 bits per heavy atom. The Kier molecular flexibility index (Phi) is 5.97. The summed E-state index contributed by atoms with van der Waals surface area (Å²) in [7, 11) is 1.62. The molecule has 0 aromatic heterocycles. The first-order valence-electron chi connectivity index (χ1n) is 2.50. The van der Waals surface area contributed by atoms with E-state index >= 15 is 0 Å². The SMILES string of the molecule is CC=NOCCOC. The van der Waals surface area contributed by atoms with Gasteiger partial charge in [0, 0.05) is 13.3 Å². The van der Waals surface area contributed by atoms with Crippen LogP contribution in [0.5, 0.6) is 0 Å². The largest absolute Gasteiger partial charge is 0.394 e. The Bertz CT molecular complexity index is 63.4. The molecule has 3 nitrogen and oxygen atoms in total. The van der Waals surface area contributed by atoms with E-state index in [1.54, 1.807) is 20.2 Å². The third kappa shape index (κ3) is 5.43. The molecule has 0 rings (SSSR count). The van der Waals surface area contributed by atoms with Crippen molar-refractivity contribution in [2.24, 2.45) is 5.16 Å². The standard InChI is InChI=1S/C5H11NO2/c1-3-6-8-5-4-7-2/h3H,4-5H2,1-2H3. The Morgan fingerprint density at radius 2 is 2.25 bits per heavy atom. The van der Waals surface area contributed by atoms with Gasteiger partial charge in [0.05, 0.1) is 6.61 Å². The van der Waals surface area contributed by atoms with E-state index in [0.717, 1.165) is 0 Å². The summed E-state index contributed by atoms with van der Waals surface area (Å²) in [5.74, 6) is 0. The van der Waals surface area contributed by atoms with Crippen LogP contribution in [0.15, 0.2) is 5.16 Å². The molecule has 3 heteroatoms. The highest BCUT2D eigenvalue weighted by molar-refractivity contribution is 5.52. The minimum atomic E-state index is 0.529. The maximum absolute atomic E-state index is 4.69. The van der Waals surface area contributed by atoms with E-state index in [1.807, 2.05) is 0 Å². The fourth-order valence-corrected chi connectivity index (χ4v) is 0.248. The van der Waals surface area contributed by atoms with Crippen molar-refractivity contribution in [3.8, 4) is 0 Å². The average molecular weight is 117 g/mol. The predicted octanol–water partition coefficient (Wildman–Crippen LogP) is 0.655. The smallest absolute Gasteiger partial charge is 0.140 e. The zero-order valence-electron chi connectivity index (χ0n) is 5.26. The number of methoxy groups -OCH3 is 1. The van der Waals surface area contributed by atoms with Crippen molar-refractivity contribution in [2.75, 3.05) is 20.3 Å². The molecule has 0 N–H and O–H groups in total. The minimum absolute atomic E-state index is 0.529. The second kappa shape index (κ2) is 6.43. The van der Waals surface area contributed by atoms with Gasteiger partial charge in [-0.15, -0.1) is 0 Å². The molecule has 0 saturated carbocycles. The van der Waals surface area contributed by atoms with Gasteiger partial charge in [-0.25, -0.2) is 0 Å². The van der Waals surface area contributed by atoms with Gasteiger partial charge < -0.3 is 9.57 Å². The zero-order valence-corrected chi connectivity index (χ0v) is 5.26. The first-order valence-corrected chi connectivity index (χ1v) is 2.50. The quantitative estimate of drug-likeness (QED) is 0.307. The summed E-state index contributed by atoms with van der Waals surface area (Å²) in [5.41, 5.74) is 0. The van der Waals surface area contributed by atoms with Crippen molar-refractivity contribution in [1.82, 2.24) is 0 Å². The second-order valence-corrected chi connectivity index (χ2v) is 1.19. The molecule has 0 aliphatic rings. The lowest BCUT2D eigenvalue weighted by Gasteiger charge is -1.94. The van der Waals surface area contributed by atoms with E-state index < -0.39 is 0 Å². The maximum atomic E-state index is 4.69. The third-order valence-corrected chi connectivity index (χ3v) is 0.559. The van der Waals surface area contributed by atoms with Crippen LogP contribution >= 0.6 is 0 Å². The fourth-order valence-electron chi connectivity index (χ4n) is 0.248. The number of rotatable bonds is 4. The summed E-state index contributed by atoms with van der Waals surface area (Å²) >= 11 is 0. The van der Waals surface area contributed by atoms with Gasteiger partial charge in [0.15, 0.2) is 0 Å². The highest BCUT2D eigenvalue weighted by atomic mass is 16.6. The van der Waals surface area contributed by atoms with Gasteiger partial charge in [-0.05, 0) is 6.92 Å². The minimum Gasteiger partial charge on any atom is -0.394 e. The van der Waals surface area contributed by atoms with Crippen LogP contribution in [-0.2, 0) is 9.57 Å². The normalized spacial score (nSPS) is 10.2. The number of nitrogens with zero attached hydrogens (tertiary/aromatic N) is 1. The zero-order chi connectivity index (χ0) is 6.24. The maximum Gasteiger partial charge on any atom is 0.140 e. The monoisotopic (exact) mass is 117 g/mol. The summed E-state index contributed by atoms with van der Waals surface area (Å²) in [5, 5.41) is 3.50. The fraction of sp³-hybridized carbons (Fsp3) is 0.800. The highest BCUT2D eigenvalue weighted by Gasteiger charge is 1.77. The molecule has 0 unspecified atom stereocenters. The average Bonchev–Trinajstić information content (AvgIpc) is 1.81. The Balaban J connectivity index is 2.72. The van der Waals surface area contributed by atoms with Crippen LogP contribution in [0.3, 0.4) is 0 Å². The molecule has 0 aliphatic carbocycles. The van der Waals surface area contributed by atoms with Crippen molar-refractivity contribution >= 4 is 6.21 Å². The molecular formula is C5H11NO2. The topological polar surface area (TPSA) is 30.8 Å². The van der Waals surface area contributed by atoms with Crippen LogP contribution in [0.1, 0.15) is 6.92 Å². The van der Waals surface area contributed by atoms with Gasteiger partial charge in [0.2, 0.25) is 0 Å². The molecule has 0 fully saturated rings. The van der Waals surface area contributed by atoms with Crippen molar-refractivity contribution in [2.45, 2.75) is 6.92 Å². The van der Waals surface area contributed by atoms with Gasteiger partial charge in [-0.2, -0.15) is 0 Å². The molecule has 48 valence electrons. The van der Waals surface area contributed by atoms with E-state index in [4.69, 9.17) is 0 Å². The summed E-state index contributed by atoms with van der Waals surface area (Å²) in [6, 6.07) is 0. The van der Waals surface area contributed by atoms with Gasteiger partial charge in [0.1, 0.15) is 6.61 Å². The summed E-state index contributed by atoms with van der Waals surface area (Å²) in [4.78, 5) is 4.67. The van der Waals surface area contributed by atoms with Crippen molar-refractivity contribution in [3.63, 3.8) is 0 Å². The lowest BCUT2D eigenvalue weighted by atomic mass is 10.8. The van der Waals surface area contributed by atoms with E-state index in [-0.39, 0.29) is 0 Å². The van der Waals surface area contributed by atoms with Crippen LogP contribution in [0.2, 0.25) is 0 Å². The Labute approximate surface area is 49.3 Å². The van der Waals surface area contributed by atoms with Gasteiger partial charge in [0.25, 0.3) is 0 Å². The molecular weight excluding hydrogens is 106 g/mol. The summed E-state index contributed by atoms with van der Waals surface area (Å²) in [6.45, 7) is 2.92. The van der Waals surface area contributed by atoms with Crippen LogP contribution < -0.4 is 0 Å². The highest BCUT2D eigenvalue weighted by Crippen LogP contribution is 1.73. The molecule has 0 atom stereocenters. The summed E-state index contributed by atoms with van der Waals surface area (Å²) in [6.07, 6.45) is 1.59. The number of hydrogen-bond acceptors (Lipinski definition) is 3. The van der Waals surface area contributed by atoms with Crippen LogP contribution in [0.4, 0.5) is 0 Å². The van der Waals surface area contributed by atoms with Crippen LogP contribution in [-0.4, -0.2) is 26.5 Å². The molecule has 8 heavy (non-hydrogen) atoms. The number of hydrogen-bond donors (Lipinski definition) is 0. The second-order valence-electron chi connectivity index (χ2n) is 1.19. The molecule has 0 spiro atoms. The van der Waals surface area contributed by atoms with Gasteiger partial charge in [-0.3, -0.25) is 0 Å².